The summed E-state index contributed by atoms with van der Waals surface area (Å²) in [5.74, 6) is 0. The third-order valence-corrected chi connectivity index (χ3v) is 1.28. The van der Waals surface area contributed by atoms with Crippen molar-refractivity contribution in [2.75, 3.05) is 20.1 Å². The quantitative estimate of drug-likeness (QED) is 0.738. The first-order chi connectivity index (χ1) is 4.81. The lowest BCUT2D eigenvalue weighted by molar-refractivity contribution is 0.0531. The minimum Gasteiger partial charge on any atom is -0.392 e. The first-order valence-corrected chi connectivity index (χ1v) is 4.04. The van der Waals surface area contributed by atoms with Crippen LogP contribution in [0.25, 0.3) is 0 Å². The van der Waals surface area contributed by atoms with Crippen LogP contribution in [0.3, 0.4) is 0 Å². The molecule has 0 saturated carbocycles. The van der Waals surface area contributed by atoms with Crippen molar-refractivity contribution in [2.45, 2.75) is 17.9 Å². The van der Waals surface area contributed by atoms with Gasteiger partial charge in [-0.3, -0.25) is 4.90 Å². The Morgan fingerprint density at radius 1 is 1.64 bits per heavy atom. The van der Waals surface area contributed by atoms with Crippen LogP contribution < -0.4 is 0 Å². The fraction of sp³-hybridized carbons (Fsp3) is 1.00. The molecule has 0 rings (SSSR count). The van der Waals surface area contributed by atoms with Crippen LogP contribution in [0.15, 0.2) is 0 Å². The molecule has 1 atom stereocenters. The highest BCUT2D eigenvalue weighted by molar-refractivity contribution is 9.10. The van der Waals surface area contributed by atoms with Gasteiger partial charge in [0.2, 0.25) is 0 Å². The molecule has 0 fully saturated rings. The van der Waals surface area contributed by atoms with E-state index in [1.54, 1.807) is 6.92 Å². The molecule has 1 unspecified atom stereocenters. The summed E-state index contributed by atoms with van der Waals surface area (Å²) in [6.07, 6.45) is -0.574. The van der Waals surface area contributed by atoms with Gasteiger partial charge in [-0.15, -0.1) is 0 Å². The second kappa shape index (κ2) is 4.33. The Morgan fingerprint density at radius 3 is 2.36 bits per heavy atom. The molecule has 0 amide bonds. The average molecular weight is 232 g/mol. The molecule has 1 N–H and O–H groups in total. The third kappa shape index (κ3) is 8.16. The summed E-state index contributed by atoms with van der Waals surface area (Å²) < 4.78 is 24.4. The molecule has 0 aromatic carbocycles. The number of aliphatic hydroxyl groups is 1. The summed E-state index contributed by atoms with van der Waals surface area (Å²) >= 11 is 2.21. The fourth-order valence-electron chi connectivity index (χ4n) is 0.822. The Hall–Kier alpha value is 0.260. The summed E-state index contributed by atoms with van der Waals surface area (Å²) in [6.45, 7) is 1.42. The van der Waals surface area contributed by atoms with Crippen molar-refractivity contribution < 1.29 is 13.9 Å². The number of halogens is 3. The van der Waals surface area contributed by atoms with Crippen molar-refractivity contribution >= 4 is 15.9 Å². The van der Waals surface area contributed by atoms with Gasteiger partial charge in [0.25, 0.3) is 0 Å². The molecule has 0 bridgehead atoms. The monoisotopic (exact) mass is 231 g/mol. The molecule has 68 valence electrons. The zero-order valence-corrected chi connectivity index (χ0v) is 8.11. The molecule has 0 aromatic heterocycles. The Labute approximate surface area is 73.3 Å². The zero-order chi connectivity index (χ0) is 9.07. The lowest BCUT2D eigenvalue weighted by Gasteiger charge is -2.20. The molecule has 0 spiro atoms. The van der Waals surface area contributed by atoms with E-state index in [1.807, 2.05) is 0 Å². The van der Waals surface area contributed by atoms with Gasteiger partial charge >= 0.3 is 4.83 Å². The molecule has 5 heteroatoms. The van der Waals surface area contributed by atoms with Crippen LogP contribution in [-0.2, 0) is 0 Å². The van der Waals surface area contributed by atoms with Crippen LogP contribution in [0.2, 0.25) is 0 Å². The van der Waals surface area contributed by atoms with Crippen LogP contribution in [-0.4, -0.2) is 41.1 Å². The van der Waals surface area contributed by atoms with E-state index < -0.39 is 17.5 Å². The van der Waals surface area contributed by atoms with E-state index >= 15 is 0 Å². The standard InChI is InChI=1S/C6H12BrF2NO/c1-5(11)3-10(2)4-6(7,8)9/h5,11H,3-4H2,1-2H3. The zero-order valence-electron chi connectivity index (χ0n) is 6.52. The van der Waals surface area contributed by atoms with Crippen molar-refractivity contribution in [3.05, 3.63) is 0 Å². The van der Waals surface area contributed by atoms with Gasteiger partial charge in [0.1, 0.15) is 0 Å². The van der Waals surface area contributed by atoms with E-state index in [1.165, 1.54) is 11.9 Å². The van der Waals surface area contributed by atoms with E-state index in [0.29, 0.717) is 0 Å². The second-order valence-electron chi connectivity index (χ2n) is 2.66. The maximum atomic E-state index is 12.2. The molecule has 2 nitrogen and oxygen atoms in total. The van der Waals surface area contributed by atoms with Gasteiger partial charge < -0.3 is 5.11 Å². The van der Waals surface area contributed by atoms with Gasteiger partial charge in [0.15, 0.2) is 0 Å². The topological polar surface area (TPSA) is 23.5 Å². The van der Waals surface area contributed by atoms with E-state index in [2.05, 4.69) is 15.9 Å². The highest BCUT2D eigenvalue weighted by Gasteiger charge is 2.25. The minimum absolute atomic E-state index is 0.251. The largest absolute Gasteiger partial charge is 0.392 e. The molecule has 0 heterocycles. The predicted octanol–water partition coefficient (Wildman–Crippen LogP) is 1.29. The summed E-state index contributed by atoms with van der Waals surface area (Å²) in [4.78, 5) is -1.50. The van der Waals surface area contributed by atoms with Gasteiger partial charge in [-0.1, -0.05) is 0 Å². The summed E-state index contributed by atoms with van der Waals surface area (Å²) in [6, 6.07) is 0. The van der Waals surface area contributed by atoms with Crippen LogP contribution in [0.1, 0.15) is 6.92 Å². The average Bonchev–Trinajstić information content (AvgIpc) is 1.53. The molecule has 0 aliphatic rings. The van der Waals surface area contributed by atoms with Gasteiger partial charge in [-0.25, -0.2) is 0 Å². The second-order valence-corrected chi connectivity index (χ2v) is 3.82. The Kier molecular flexibility index (Phi) is 4.43. The van der Waals surface area contributed by atoms with Gasteiger partial charge in [-0.2, -0.15) is 8.78 Å². The molecule has 0 aliphatic carbocycles. The third-order valence-electron chi connectivity index (χ3n) is 1.03. The molecule has 0 saturated heterocycles. The summed E-state index contributed by atoms with van der Waals surface area (Å²) in [5.41, 5.74) is 0. The van der Waals surface area contributed by atoms with Crippen molar-refractivity contribution in [3.8, 4) is 0 Å². The van der Waals surface area contributed by atoms with E-state index in [0.717, 1.165) is 0 Å². The van der Waals surface area contributed by atoms with E-state index in [-0.39, 0.29) is 6.54 Å². The summed E-state index contributed by atoms with van der Waals surface area (Å²) in [5, 5.41) is 8.82. The predicted molar refractivity (Wildman–Crippen MR) is 43.1 cm³/mol. The maximum absolute atomic E-state index is 12.2. The van der Waals surface area contributed by atoms with Crippen molar-refractivity contribution in [1.29, 1.82) is 0 Å². The normalized spacial score (nSPS) is 15.5. The summed E-state index contributed by atoms with van der Waals surface area (Å²) in [7, 11) is 1.53. The lowest BCUT2D eigenvalue weighted by atomic mass is 10.4. The maximum Gasteiger partial charge on any atom is 0.313 e. The van der Waals surface area contributed by atoms with Crippen LogP contribution in [0, 0.1) is 0 Å². The Bertz CT molecular complexity index is 116. The van der Waals surface area contributed by atoms with Gasteiger partial charge in [0, 0.05) is 6.54 Å². The van der Waals surface area contributed by atoms with Crippen molar-refractivity contribution in [3.63, 3.8) is 0 Å². The van der Waals surface area contributed by atoms with E-state index in [4.69, 9.17) is 5.11 Å². The van der Waals surface area contributed by atoms with Gasteiger partial charge in [0.05, 0.1) is 12.6 Å². The highest BCUT2D eigenvalue weighted by atomic mass is 79.9. The first-order valence-electron chi connectivity index (χ1n) is 3.24. The number of aliphatic hydroxyl groups excluding tert-OH is 1. The van der Waals surface area contributed by atoms with Crippen molar-refractivity contribution in [2.24, 2.45) is 0 Å². The first kappa shape index (κ1) is 11.3. The number of alkyl halides is 3. The molecular formula is C6H12BrF2NO. The molecule has 0 aromatic rings. The number of hydrogen-bond donors (Lipinski definition) is 1. The van der Waals surface area contributed by atoms with E-state index in [9.17, 15) is 8.78 Å². The van der Waals surface area contributed by atoms with Crippen LogP contribution >= 0.6 is 15.9 Å². The SMILES string of the molecule is CC(O)CN(C)CC(F)(F)Br. The van der Waals surface area contributed by atoms with Crippen LogP contribution in [0.5, 0.6) is 0 Å². The number of hydrogen-bond acceptors (Lipinski definition) is 2. The molecule has 0 radical (unpaired) electrons. The Balaban J connectivity index is 3.61. The van der Waals surface area contributed by atoms with Crippen LogP contribution in [0.4, 0.5) is 8.78 Å². The number of likely N-dealkylation sites (N-methyl/N-ethyl adjacent to an activating group) is 1. The number of nitrogens with zero attached hydrogens (tertiary/aromatic N) is 1. The van der Waals surface area contributed by atoms with Crippen molar-refractivity contribution in [1.82, 2.24) is 4.90 Å². The lowest BCUT2D eigenvalue weighted by Crippen LogP contribution is -2.34. The Morgan fingerprint density at radius 2 is 2.09 bits per heavy atom. The number of rotatable bonds is 4. The molecule has 0 aliphatic heterocycles. The minimum atomic E-state index is -2.86. The smallest absolute Gasteiger partial charge is 0.313 e. The van der Waals surface area contributed by atoms with Gasteiger partial charge in [-0.05, 0) is 29.9 Å². The molecular weight excluding hydrogens is 220 g/mol. The fourth-order valence-corrected chi connectivity index (χ4v) is 1.25. The molecule has 11 heavy (non-hydrogen) atoms. The highest BCUT2D eigenvalue weighted by Crippen LogP contribution is 2.21.